The number of benzene rings is 1. The van der Waals surface area contributed by atoms with E-state index < -0.39 is 0 Å². The Morgan fingerprint density at radius 1 is 1.41 bits per heavy atom. The quantitative estimate of drug-likeness (QED) is 0.823. The summed E-state index contributed by atoms with van der Waals surface area (Å²) in [5.41, 5.74) is 0.528. The number of nitrogens with one attached hydrogen (secondary N) is 1. The van der Waals surface area contributed by atoms with Crippen LogP contribution in [0.2, 0.25) is 5.02 Å². The molecule has 17 heavy (non-hydrogen) atoms. The molecule has 0 saturated heterocycles. The van der Waals surface area contributed by atoms with Gasteiger partial charge in [-0.3, -0.25) is 0 Å². The Labute approximate surface area is 107 Å². The molecule has 1 aromatic rings. The van der Waals surface area contributed by atoms with Crippen molar-refractivity contribution in [1.29, 1.82) is 0 Å². The second-order valence-corrected chi connectivity index (χ2v) is 5.01. The molecule has 1 aromatic carbocycles. The second kappa shape index (κ2) is 6.94. The van der Waals surface area contributed by atoms with Crippen LogP contribution in [-0.2, 0) is 6.54 Å². The van der Waals surface area contributed by atoms with E-state index >= 15 is 0 Å². The lowest BCUT2D eigenvalue weighted by Gasteiger charge is -2.18. The molecular formula is C13H19ClFNO. The van der Waals surface area contributed by atoms with Crippen molar-refractivity contribution >= 4 is 11.6 Å². The van der Waals surface area contributed by atoms with Crippen LogP contribution in [0.5, 0.6) is 0 Å². The van der Waals surface area contributed by atoms with Gasteiger partial charge < -0.3 is 10.4 Å². The Hall–Kier alpha value is -0.640. The topological polar surface area (TPSA) is 32.3 Å². The molecule has 0 amide bonds. The van der Waals surface area contributed by atoms with E-state index in [2.05, 4.69) is 19.2 Å². The zero-order chi connectivity index (χ0) is 12.8. The van der Waals surface area contributed by atoms with Crippen LogP contribution in [-0.4, -0.2) is 17.8 Å². The molecule has 0 radical (unpaired) electrons. The molecule has 96 valence electrons. The fraction of sp³-hybridized carbons (Fsp3) is 0.538. The van der Waals surface area contributed by atoms with Gasteiger partial charge in [-0.25, -0.2) is 4.39 Å². The molecule has 0 spiro atoms. The largest absolute Gasteiger partial charge is 0.395 e. The van der Waals surface area contributed by atoms with Gasteiger partial charge in [0.15, 0.2) is 0 Å². The lowest BCUT2D eigenvalue weighted by molar-refractivity contribution is 0.223. The molecule has 1 rings (SSSR count). The minimum Gasteiger partial charge on any atom is -0.395 e. The first-order valence-electron chi connectivity index (χ1n) is 5.81. The van der Waals surface area contributed by atoms with Crippen molar-refractivity contribution in [3.8, 4) is 0 Å². The summed E-state index contributed by atoms with van der Waals surface area (Å²) >= 11 is 5.70. The van der Waals surface area contributed by atoms with Crippen LogP contribution < -0.4 is 5.32 Å². The summed E-state index contributed by atoms with van der Waals surface area (Å²) in [5.74, 6) is 0.103. The molecule has 0 heterocycles. The van der Waals surface area contributed by atoms with E-state index in [-0.39, 0.29) is 23.5 Å². The molecule has 2 nitrogen and oxygen atoms in total. The summed E-state index contributed by atoms with van der Waals surface area (Å²) in [5, 5.41) is 12.5. The minimum atomic E-state index is -0.386. The summed E-state index contributed by atoms with van der Waals surface area (Å²) in [6, 6.07) is 4.93. The summed E-state index contributed by atoms with van der Waals surface area (Å²) in [6.45, 7) is 4.61. The van der Waals surface area contributed by atoms with Crippen LogP contribution in [0, 0.1) is 11.7 Å². The third kappa shape index (κ3) is 4.62. The van der Waals surface area contributed by atoms with E-state index in [1.165, 1.54) is 6.07 Å². The van der Waals surface area contributed by atoms with Gasteiger partial charge in [0, 0.05) is 18.2 Å². The van der Waals surface area contributed by atoms with Gasteiger partial charge in [0.1, 0.15) is 5.82 Å². The maximum Gasteiger partial charge on any atom is 0.146 e. The van der Waals surface area contributed by atoms with Gasteiger partial charge in [-0.05, 0) is 18.4 Å². The number of rotatable bonds is 6. The van der Waals surface area contributed by atoms with Gasteiger partial charge in [-0.15, -0.1) is 0 Å². The van der Waals surface area contributed by atoms with E-state index in [1.807, 2.05) is 0 Å². The van der Waals surface area contributed by atoms with Gasteiger partial charge in [0.25, 0.3) is 0 Å². The summed E-state index contributed by atoms with van der Waals surface area (Å²) in [6.07, 6.45) is 0.860. The van der Waals surface area contributed by atoms with Gasteiger partial charge in [-0.1, -0.05) is 37.6 Å². The molecule has 0 aliphatic rings. The number of aliphatic hydroxyl groups is 1. The summed E-state index contributed by atoms with van der Waals surface area (Å²) in [7, 11) is 0. The molecule has 1 atom stereocenters. The Morgan fingerprint density at radius 3 is 2.71 bits per heavy atom. The van der Waals surface area contributed by atoms with Gasteiger partial charge in [0.05, 0.1) is 11.6 Å². The highest BCUT2D eigenvalue weighted by Gasteiger charge is 2.11. The van der Waals surface area contributed by atoms with Crippen molar-refractivity contribution in [1.82, 2.24) is 5.32 Å². The predicted molar refractivity (Wildman–Crippen MR) is 68.6 cm³/mol. The zero-order valence-electron chi connectivity index (χ0n) is 10.2. The molecule has 0 fully saturated rings. The molecule has 4 heteroatoms. The Bertz CT molecular complexity index is 357. The van der Waals surface area contributed by atoms with E-state index in [4.69, 9.17) is 11.6 Å². The van der Waals surface area contributed by atoms with Crippen molar-refractivity contribution in [3.05, 3.63) is 34.6 Å². The maximum atomic E-state index is 13.6. The summed E-state index contributed by atoms with van der Waals surface area (Å²) in [4.78, 5) is 0. The molecule has 0 bridgehead atoms. The SMILES string of the molecule is CC(C)CC(CO)NCc1cccc(Cl)c1F. The first-order valence-corrected chi connectivity index (χ1v) is 6.19. The van der Waals surface area contributed by atoms with Crippen LogP contribution in [0.4, 0.5) is 4.39 Å². The molecule has 0 saturated carbocycles. The van der Waals surface area contributed by atoms with Crippen LogP contribution >= 0.6 is 11.6 Å². The number of hydrogen-bond donors (Lipinski definition) is 2. The Balaban J connectivity index is 2.56. The van der Waals surface area contributed by atoms with E-state index in [9.17, 15) is 9.50 Å². The first kappa shape index (κ1) is 14.4. The van der Waals surface area contributed by atoms with Crippen molar-refractivity contribution < 1.29 is 9.50 Å². The smallest absolute Gasteiger partial charge is 0.146 e. The van der Waals surface area contributed by atoms with Gasteiger partial charge in [-0.2, -0.15) is 0 Å². The Morgan fingerprint density at radius 2 is 2.12 bits per heavy atom. The molecule has 0 aliphatic heterocycles. The zero-order valence-corrected chi connectivity index (χ0v) is 11.0. The maximum absolute atomic E-state index is 13.6. The highest BCUT2D eigenvalue weighted by molar-refractivity contribution is 6.30. The normalized spacial score (nSPS) is 13.1. The number of hydrogen-bond acceptors (Lipinski definition) is 2. The van der Waals surface area contributed by atoms with Crippen molar-refractivity contribution in [3.63, 3.8) is 0 Å². The van der Waals surface area contributed by atoms with Gasteiger partial charge in [0.2, 0.25) is 0 Å². The predicted octanol–water partition coefficient (Wildman–Crippen LogP) is 2.98. The van der Waals surface area contributed by atoms with Crippen molar-refractivity contribution in [2.75, 3.05) is 6.61 Å². The van der Waals surface area contributed by atoms with Crippen LogP contribution in [0.15, 0.2) is 18.2 Å². The summed E-state index contributed by atoms with van der Waals surface area (Å²) < 4.78 is 13.6. The number of halogens is 2. The van der Waals surface area contributed by atoms with Crippen molar-refractivity contribution in [2.24, 2.45) is 5.92 Å². The average molecular weight is 260 g/mol. The first-order chi connectivity index (χ1) is 8.04. The minimum absolute atomic E-state index is 0.00613. The molecule has 0 aromatic heterocycles. The van der Waals surface area contributed by atoms with Gasteiger partial charge >= 0.3 is 0 Å². The molecular weight excluding hydrogens is 241 g/mol. The van der Waals surface area contributed by atoms with Crippen LogP contribution in [0.3, 0.4) is 0 Å². The number of aliphatic hydroxyl groups excluding tert-OH is 1. The fourth-order valence-electron chi connectivity index (χ4n) is 1.73. The molecule has 2 N–H and O–H groups in total. The third-order valence-electron chi connectivity index (χ3n) is 2.59. The fourth-order valence-corrected chi connectivity index (χ4v) is 1.92. The standard InChI is InChI=1S/C13H19ClFNO/c1-9(2)6-11(8-17)16-7-10-4-3-5-12(14)13(10)15/h3-5,9,11,16-17H,6-8H2,1-2H3. The average Bonchev–Trinajstić information content (AvgIpc) is 2.28. The second-order valence-electron chi connectivity index (χ2n) is 4.60. The van der Waals surface area contributed by atoms with E-state index in [0.29, 0.717) is 18.0 Å². The van der Waals surface area contributed by atoms with Crippen LogP contribution in [0.1, 0.15) is 25.8 Å². The highest BCUT2D eigenvalue weighted by atomic mass is 35.5. The highest BCUT2D eigenvalue weighted by Crippen LogP contribution is 2.18. The molecule has 0 aliphatic carbocycles. The van der Waals surface area contributed by atoms with Crippen LogP contribution in [0.25, 0.3) is 0 Å². The van der Waals surface area contributed by atoms with E-state index in [0.717, 1.165) is 6.42 Å². The third-order valence-corrected chi connectivity index (χ3v) is 2.88. The van der Waals surface area contributed by atoms with Crippen molar-refractivity contribution in [2.45, 2.75) is 32.9 Å². The Kier molecular flexibility index (Phi) is 5.89. The lowest BCUT2D eigenvalue weighted by Crippen LogP contribution is -2.33. The van der Waals surface area contributed by atoms with E-state index in [1.54, 1.807) is 12.1 Å². The molecule has 1 unspecified atom stereocenters. The lowest BCUT2D eigenvalue weighted by atomic mass is 10.0. The monoisotopic (exact) mass is 259 g/mol.